The lowest BCUT2D eigenvalue weighted by Gasteiger charge is -2.34. The Morgan fingerprint density at radius 1 is 1.32 bits per heavy atom. The van der Waals surface area contributed by atoms with E-state index in [0.29, 0.717) is 24.2 Å². The van der Waals surface area contributed by atoms with Crippen molar-refractivity contribution < 1.29 is 14.7 Å². The molecule has 114 valence electrons. The van der Waals surface area contributed by atoms with Crippen LogP contribution in [0.4, 0.5) is 0 Å². The lowest BCUT2D eigenvalue weighted by Crippen LogP contribution is -2.44. The zero-order valence-corrected chi connectivity index (χ0v) is 13.6. The van der Waals surface area contributed by atoms with E-state index in [1.807, 2.05) is 18.2 Å². The monoisotopic (exact) mass is 362 g/mol. The first-order chi connectivity index (χ1) is 10.5. The number of fused-ring (bicyclic) bond motifs is 1. The molecule has 3 rings (SSSR count). The number of carbonyl (C=O) groups excluding carboxylic acids is 1. The van der Waals surface area contributed by atoms with Crippen molar-refractivity contribution in [3.8, 4) is 0 Å². The highest BCUT2D eigenvalue weighted by Crippen LogP contribution is 2.31. The third-order valence-corrected chi connectivity index (χ3v) is 4.40. The van der Waals surface area contributed by atoms with Gasteiger partial charge < -0.3 is 14.6 Å². The number of carboxylic acids is 1. The zero-order valence-electron chi connectivity index (χ0n) is 12.0. The number of hydrogen-bond donors (Lipinski definition) is 1. The van der Waals surface area contributed by atoms with E-state index >= 15 is 0 Å². The van der Waals surface area contributed by atoms with Crippen LogP contribution in [0.25, 0.3) is 0 Å². The highest BCUT2D eigenvalue weighted by molar-refractivity contribution is 9.10. The van der Waals surface area contributed by atoms with Crippen LogP contribution in [-0.2, 0) is 18.3 Å². The molecule has 1 N–H and O–H groups in total. The molecule has 0 saturated heterocycles. The number of nitrogens with zero attached hydrogens (tertiary/aromatic N) is 2. The predicted octanol–water partition coefficient (Wildman–Crippen LogP) is 2.61. The molecule has 1 unspecified atom stereocenters. The fourth-order valence-electron chi connectivity index (χ4n) is 2.94. The lowest BCUT2D eigenvalue weighted by molar-refractivity contribution is -0.143. The molecule has 1 aromatic carbocycles. The summed E-state index contributed by atoms with van der Waals surface area (Å²) < 4.78 is 2.49. The number of rotatable bonds is 2. The van der Waals surface area contributed by atoms with Gasteiger partial charge in [0.25, 0.3) is 5.91 Å². The number of halogens is 1. The van der Waals surface area contributed by atoms with Crippen molar-refractivity contribution in [1.29, 1.82) is 0 Å². The van der Waals surface area contributed by atoms with Crippen LogP contribution < -0.4 is 0 Å². The van der Waals surface area contributed by atoms with Crippen molar-refractivity contribution in [2.45, 2.75) is 12.5 Å². The van der Waals surface area contributed by atoms with Crippen LogP contribution in [0.15, 0.2) is 41.0 Å². The lowest BCUT2D eigenvalue weighted by atomic mass is 9.92. The molecule has 2 heterocycles. The van der Waals surface area contributed by atoms with Gasteiger partial charge in [-0.05, 0) is 39.5 Å². The van der Waals surface area contributed by atoms with Gasteiger partial charge in [0.2, 0.25) is 0 Å². The molecule has 1 amide bonds. The van der Waals surface area contributed by atoms with Gasteiger partial charge in [0.1, 0.15) is 5.69 Å². The summed E-state index contributed by atoms with van der Waals surface area (Å²) in [7, 11) is 1.77. The van der Waals surface area contributed by atoms with E-state index in [1.54, 1.807) is 29.9 Å². The molecular formula is C16H15BrN2O3. The van der Waals surface area contributed by atoms with Crippen LogP contribution in [0.3, 0.4) is 0 Å². The Labute approximate surface area is 136 Å². The third-order valence-electron chi connectivity index (χ3n) is 3.97. The minimum absolute atomic E-state index is 0.268. The normalized spacial score (nSPS) is 17.2. The minimum Gasteiger partial charge on any atom is -0.479 e. The van der Waals surface area contributed by atoms with E-state index in [4.69, 9.17) is 0 Å². The van der Waals surface area contributed by atoms with E-state index in [0.717, 1.165) is 10.0 Å². The molecule has 1 aliphatic heterocycles. The predicted molar refractivity (Wildman–Crippen MR) is 84.7 cm³/mol. The fraction of sp³-hybridized carbons (Fsp3) is 0.250. The van der Waals surface area contributed by atoms with Crippen LogP contribution in [0.1, 0.15) is 27.7 Å². The summed E-state index contributed by atoms with van der Waals surface area (Å²) in [5.74, 6) is -1.27. The molecule has 0 radical (unpaired) electrons. The Morgan fingerprint density at radius 2 is 2.05 bits per heavy atom. The summed E-state index contributed by atoms with van der Waals surface area (Å²) in [6.45, 7) is 0.398. The van der Waals surface area contributed by atoms with E-state index in [9.17, 15) is 14.7 Å². The standard InChI is InChI=1S/C16H15BrN2O3/c1-18-9-11(17)8-13(18)15(20)19-7-6-10-4-2-3-5-12(10)14(19)16(21)22/h2-5,8-9,14H,6-7H2,1H3,(H,21,22). The first kappa shape index (κ1) is 14.8. The third kappa shape index (κ3) is 2.43. The van der Waals surface area contributed by atoms with Crippen LogP contribution in [0, 0.1) is 0 Å². The molecule has 5 nitrogen and oxygen atoms in total. The molecule has 1 atom stereocenters. The van der Waals surface area contributed by atoms with Crippen molar-refractivity contribution in [1.82, 2.24) is 9.47 Å². The van der Waals surface area contributed by atoms with Gasteiger partial charge >= 0.3 is 5.97 Å². The number of benzene rings is 1. The van der Waals surface area contributed by atoms with E-state index in [2.05, 4.69) is 15.9 Å². The van der Waals surface area contributed by atoms with Crippen LogP contribution in [0.2, 0.25) is 0 Å². The molecule has 0 aliphatic carbocycles. The largest absolute Gasteiger partial charge is 0.479 e. The average Bonchev–Trinajstić information content (AvgIpc) is 2.83. The number of aliphatic carboxylic acids is 1. The Morgan fingerprint density at radius 3 is 2.68 bits per heavy atom. The van der Waals surface area contributed by atoms with Crippen molar-refractivity contribution in [3.63, 3.8) is 0 Å². The Kier molecular flexibility index (Phi) is 3.78. The summed E-state index contributed by atoms with van der Waals surface area (Å²) in [5, 5.41) is 9.62. The quantitative estimate of drug-likeness (QED) is 0.892. The van der Waals surface area contributed by atoms with Gasteiger partial charge in [0.15, 0.2) is 6.04 Å². The maximum absolute atomic E-state index is 12.8. The van der Waals surface area contributed by atoms with Gasteiger partial charge in [0, 0.05) is 24.3 Å². The molecule has 22 heavy (non-hydrogen) atoms. The van der Waals surface area contributed by atoms with Gasteiger partial charge in [0.05, 0.1) is 0 Å². The number of carbonyl (C=O) groups is 2. The van der Waals surface area contributed by atoms with Crippen LogP contribution in [0.5, 0.6) is 0 Å². The molecule has 0 spiro atoms. The SMILES string of the molecule is Cn1cc(Br)cc1C(=O)N1CCc2ccccc2C1C(=O)O. The summed E-state index contributed by atoms with van der Waals surface area (Å²) in [6.07, 6.45) is 2.44. The molecule has 2 aromatic rings. The second kappa shape index (κ2) is 5.61. The van der Waals surface area contributed by atoms with Crippen LogP contribution >= 0.6 is 15.9 Å². The first-order valence-corrected chi connectivity index (χ1v) is 7.72. The Bertz CT molecular complexity index is 754. The van der Waals surface area contributed by atoms with Gasteiger partial charge in [-0.1, -0.05) is 24.3 Å². The zero-order chi connectivity index (χ0) is 15.9. The number of amides is 1. The highest BCUT2D eigenvalue weighted by atomic mass is 79.9. The minimum atomic E-state index is -1.01. The summed E-state index contributed by atoms with van der Waals surface area (Å²) in [5.41, 5.74) is 2.16. The van der Waals surface area contributed by atoms with Crippen molar-refractivity contribution in [2.75, 3.05) is 6.54 Å². The first-order valence-electron chi connectivity index (χ1n) is 6.92. The summed E-state index contributed by atoms with van der Waals surface area (Å²) in [6, 6.07) is 8.18. The second-order valence-electron chi connectivity index (χ2n) is 5.34. The smallest absolute Gasteiger partial charge is 0.331 e. The van der Waals surface area contributed by atoms with Gasteiger partial charge in [-0.2, -0.15) is 0 Å². The molecule has 0 fully saturated rings. The van der Waals surface area contributed by atoms with E-state index < -0.39 is 12.0 Å². The topological polar surface area (TPSA) is 62.5 Å². The number of aromatic nitrogens is 1. The molecule has 0 saturated carbocycles. The molecule has 1 aliphatic rings. The number of carboxylic acid groups (broad SMARTS) is 1. The average molecular weight is 363 g/mol. The highest BCUT2D eigenvalue weighted by Gasteiger charge is 2.36. The van der Waals surface area contributed by atoms with E-state index in [-0.39, 0.29) is 5.91 Å². The van der Waals surface area contributed by atoms with Crippen LogP contribution in [-0.4, -0.2) is 33.0 Å². The summed E-state index contributed by atoms with van der Waals surface area (Å²) in [4.78, 5) is 26.0. The number of hydrogen-bond acceptors (Lipinski definition) is 2. The van der Waals surface area contributed by atoms with Crippen molar-refractivity contribution in [3.05, 3.63) is 57.8 Å². The molecular weight excluding hydrogens is 348 g/mol. The van der Waals surface area contributed by atoms with E-state index in [1.165, 1.54) is 4.90 Å². The second-order valence-corrected chi connectivity index (χ2v) is 6.26. The van der Waals surface area contributed by atoms with Crippen molar-refractivity contribution in [2.24, 2.45) is 7.05 Å². The van der Waals surface area contributed by atoms with Gasteiger partial charge in [-0.15, -0.1) is 0 Å². The fourth-order valence-corrected chi connectivity index (χ4v) is 3.46. The van der Waals surface area contributed by atoms with Gasteiger partial charge in [-0.25, -0.2) is 4.79 Å². The molecule has 0 bridgehead atoms. The summed E-state index contributed by atoms with van der Waals surface area (Å²) >= 11 is 3.34. The Balaban J connectivity index is 2.02. The number of aryl methyl sites for hydroxylation is 1. The Hall–Kier alpha value is -2.08. The molecule has 1 aromatic heterocycles. The van der Waals surface area contributed by atoms with Crippen molar-refractivity contribution >= 4 is 27.8 Å². The maximum atomic E-state index is 12.8. The van der Waals surface area contributed by atoms with Gasteiger partial charge in [-0.3, -0.25) is 4.79 Å². The maximum Gasteiger partial charge on any atom is 0.331 e. The molecule has 6 heteroatoms.